The van der Waals surface area contributed by atoms with Gasteiger partial charge < -0.3 is 35.7 Å². The van der Waals surface area contributed by atoms with Gasteiger partial charge in [0.1, 0.15) is 17.9 Å². The Morgan fingerprint density at radius 1 is 1.03 bits per heavy atom. The molecule has 3 heterocycles. The fraction of sp³-hybridized carbons (Fsp3) is 0.511. The quantitative estimate of drug-likeness (QED) is 0.0575. The number of Topliss-reactive ketones (excluding diaryl/α,β-unsaturated/α-hetero) is 1. The van der Waals surface area contributed by atoms with Gasteiger partial charge in [-0.2, -0.15) is 11.8 Å². The van der Waals surface area contributed by atoms with E-state index in [4.69, 9.17) is 15.5 Å². The van der Waals surface area contributed by atoms with Gasteiger partial charge in [-0.05, 0) is 69.5 Å². The van der Waals surface area contributed by atoms with Crippen molar-refractivity contribution in [3.63, 3.8) is 0 Å². The highest BCUT2D eigenvalue weighted by Crippen LogP contribution is 2.31. The number of benzene rings is 2. The number of nitrogens with zero attached hydrogens (tertiary/aromatic N) is 5. The molecule has 0 saturated carbocycles. The molecule has 5 amide bonds. The molecule has 2 aromatic carbocycles. The first-order valence-corrected chi connectivity index (χ1v) is 22.5. The van der Waals surface area contributed by atoms with E-state index in [1.54, 1.807) is 45.0 Å². The largest absolute Gasteiger partial charge is 0.445 e. The van der Waals surface area contributed by atoms with E-state index in [1.165, 1.54) is 21.6 Å². The number of thioether (sulfide) groups is 1. The third-order valence-corrected chi connectivity index (χ3v) is 11.8. The molecular weight excluding hydrogens is 813 g/mol. The lowest BCUT2D eigenvalue weighted by Crippen LogP contribution is -2.45. The van der Waals surface area contributed by atoms with Crippen LogP contribution in [-0.4, -0.2) is 101 Å². The van der Waals surface area contributed by atoms with Crippen LogP contribution in [0.1, 0.15) is 91.5 Å². The SMILES string of the molecule is CCN(Cc1nc2c(N)nc3ccccc3c2n1CC(C)(C)O)C(=O)OCc1ccc(NC(=O)[C@H](C)CC(=O)[C@@H](NC(=O)CCCCCN2C(=O)CC(SC)C2=O)C(C)C)cc1. The summed E-state index contributed by atoms with van der Waals surface area (Å²) in [5.74, 6) is -1.26. The molecule has 1 aliphatic heterocycles. The summed E-state index contributed by atoms with van der Waals surface area (Å²) < 4.78 is 7.57. The van der Waals surface area contributed by atoms with Crippen molar-refractivity contribution in [3.8, 4) is 0 Å². The lowest BCUT2D eigenvalue weighted by atomic mass is 9.92. The minimum atomic E-state index is -1.10. The first-order valence-electron chi connectivity index (χ1n) is 21.2. The van der Waals surface area contributed by atoms with Crippen molar-refractivity contribution in [1.29, 1.82) is 0 Å². The maximum absolute atomic E-state index is 13.4. The number of nitrogens with one attached hydrogen (secondary N) is 2. The highest BCUT2D eigenvalue weighted by molar-refractivity contribution is 8.00. The van der Waals surface area contributed by atoms with Gasteiger partial charge in [0, 0.05) is 49.3 Å². The Kier molecular flexibility index (Phi) is 16.1. The number of rotatable bonds is 21. The standard InChI is InChI=1S/C45H60N8O8S/c1-8-51(24-35-49-39-40(53(35)26-45(5,6)60)31-14-11-12-15-32(31)48-41(39)46)44(59)61-25-29-17-19-30(20-18-29)47-42(57)28(4)22-33(54)38(27(2)3)50-36(55)16-10-9-13-21-52-37(56)23-34(62-7)43(52)58/h11-12,14-15,17-20,27-28,34,38,60H,8-10,13,16,21-26H2,1-7H3,(H2,46,48)(H,47,57)(H,50,55)/t28-,34?,38+/m1/s1. The van der Waals surface area contributed by atoms with E-state index in [0.29, 0.717) is 60.5 Å². The second-order valence-electron chi connectivity index (χ2n) is 16.9. The van der Waals surface area contributed by atoms with Crippen molar-refractivity contribution in [3.05, 3.63) is 59.9 Å². The van der Waals surface area contributed by atoms with Crippen molar-refractivity contribution in [2.24, 2.45) is 11.8 Å². The Balaban J connectivity index is 1.09. The Labute approximate surface area is 366 Å². The predicted molar refractivity (Wildman–Crippen MR) is 240 cm³/mol. The number of hydrogen-bond acceptors (Lipinski definition) is 12. The summed E-state index contributed by atoms with van der Waals surface area (Å²) in [7, 11) is 0. The third kappa shape index (κ3) is 12.1. The lowest BCUT2D eigenvalue weighted by Gasteiger charge is -2.24. The van der Waals surface area contributed by atoms with E-state index >= 15 is 0 Å². The molecule has 17 heteroatoms. The van der Waals surface area contributed by atoms with Crippen LogP contribution in [0.3, 0.4) is 0 Å². The summed E-state index contributed by atoms with van der Waals surface area (Å²) in [6.07, 6.45) is 3.42. The molecule has 4 aromatic rings. The molecule has 1 aliphatic rings. The van der Waals surface area contributed by atoms with Crippen LogP contribution in [0.5, 0.6) is 0 Å². The molecule has 0 spiro atoms. The molecule has 5 rings (SSSR count). The Bertz CT molecular complexity index is 2270. The lowest BCUT2D eigenvalue weighted by molar-refractivity contribution is -0.138. The van der Waals surface area contributed by atoms with Gasteiger partial charge in [-0.15, -0.1) is 0 Å². The van der Waals surface area contributed by atoms with Crippen molar-refractivity contribution in [1.82, 2.24) is 29.7 Å². The molecule has 1 saturated heterocycles. The molecule has 334 valence electrons. The number of amides is 5. The van der Waals surface area contributed by atoms with E-state index in [9.17, 15) is 33.9 Å². The van der Waals surface area contributed by atoms with Crippen LogP contribution in [0.2, 0.25) is 0 Å². The molecule has 1 unspecified atom stereocenters. The average Bonchev–Trinajstić information content (AvgIpc) is 3.71. The smallest absolute Gasteiger partial charge is 0.410 e. The van der Waals surface area contributed by atoms with Crippen LogP contribution < -0.4 is 16.4 Å². The number of ether oxygens (including phenoxy) is 1. The number of carbonyl (C=O) groups is 6. The summed E-state index contributed by atoms with van der Waals surface area (Å²) in [5, 5.41) is 17.0. The number of aromatic nitrogens is 3. The second-order valence-corrected chi connectivity index (χ2v) is 17.9. The van der Waals surface area contributed by atoms with Gasteiger partial charge in [0.05, 0.1) is 41.0 Å². The normalized spacial score (nSPS) is 15.3. The number of likely N-dealkylation sites (tertiary alicyclic amines) is 1. The van der Waals surface area contributed by atoms with Crippen LogP contribution in [-0.2, 0) is 48.4 Å². The number of imide groups is 1. The number of aliphatic hydroxyl groups is 1. The number of nitrogen functional groups attached to an aromatic ring is 1. The molecule has 1 fully saturated rings. The number of ketones is 1. The van der Waals surface area contributed by atoms with Crippen LogP contribution in [0.4, 0.5) is 16.3 Å². The van der Waals surface area contributed by atoms with Crippen LogP contribution in [0.15, 0.2) is 48.5 Å². The van der Waals surface area contributed by atoms with E-state index in [2.05, 4.69) is 15.6 Å². The first kappa shape index (κ1) is 47.5. The van der Waals surface area contributed by atoms with Crippen molar-refractivity contribution < 1.29 is 38.6 Å². The molecule has 2 aromatic heterocycles. The maximum Gasteiger partial charge on any atom is 0.410 e. The van der Waals surface area contributed by atoms with Gasteiger partial charge in [0.15, 0.2) is 11.6 Å². The van der Waals surface area contributed by atoms with Crippen molar-refractivity contribution in [2.45, 2.75) is 117 Å². The zero-order valence-corrected chi connectivity index (χ0v) is 37.5. The molecule has 5 N–H and O–H groups in total. The molecule has 0 radical (unpaired) electrons. The number of unbranched alkanes of at least 4 members (excludes halogenated alkanes) is 2. The fourth-order valence-electron chi connectivity index (χ4n) is 7.44. The van der Waals surface area contributed by atoms with Crippen LogP contribution >= 0.6 is 11.8 Å². The molecule has 0 aliphatic carbocycles. The van der Waals surface area contributed by atoms with Gasteiger partial charge in [0.25, 0.3) is 0 Å². The van der Waals surface area contributed by atoms with E-state index < -0.39 is 23.7 Å². The van der Waals surface area contributed by atoms with Gasteiger partial charge in [-0.1, -0.05) is 57.5 Å². The number of pyridine rings is 1. The third-order valence-electron chi connectivity index (χ3n) is 10.8. The maximum atomic E-state index is 13.4. The van der Waals surface area contributed by atoms with Crippen LogP contribution in [0, 0.1) is 11.8 Å². The number of carbonyl (C=O) groups excluding carboxylic acids is 6. The Morgan fingerprint density at radius 3 is 2.39 bits per heavy atom. The van der Waals surface area contributed by atoms with Gasteiger partial charge in [-0.25, -0.2) is 14.8 Å². The highest BCUT2D eigenvalue weighted by atomic mass is 32.2. The first-order chi connectivity index (χ1) is 29.4. The summed E-state index contributed by atoms with van der Waals surface area (Å²) in [4.78, 5) is 89.1. The summed E-state index contributed by atoms with van der Waals surface area (Å²) in [5.41, 5.74) is 8.34. The van der Waals surface area contributed by atoms with E-state index in [0.717, 1.165) is 10.9 Å². The number of para-hydroxylation sites is 1. The minimum Gasteiger partial charge on any atom is -0.445 e. The number of nitrogens with two attached hydrogens (primary N) is 1. The van der Waals surface area contributed by atoms with E-state index in [-0.39, 0.29) is 85.4 Å². The summed E-state index contributed by atoms with van der Waals surface area (Å²) >= 11 is 1.38. The topological polar surface area (TPSA) is 219 Å². The summed E-state index contributed by atoms with van der Waals surface area (Å²) in [6, 6.07) is 13.6. The van der Waals surface area contributed by atoms with Crippen molar-refractivity contribution in [2.75, 3.05) is 30.4 Å². The zero-order chi connectivity index (χ0) is 45.3. The molecule has 3 atom stereocenters. The summed E-state index contributed by atoms with van der Waals surface area (Å²) in [6.45, 7) is 11.5. The molecule has 0 bridgehead atoms. The van der Waals surface area contributed by atoms with E-state index in [1.807, 2.05) is 55.9 Å². The molecule has 62 heavy (non-hydrogen) atoms. The number of anilines is 2. The number of fused-ring (bicyclic) bond motifs is 3. The van der Waals surface area contributed by atoms with Gasteiger partial charge in [0.2, 0.25) is 23.6 Å². The molecular formula is C45H60N8O8S. The minimum absolute atomic E-state index is 0.0300. The zero-order valence-electron chi connectivity index (χ0n) is 36.7. The fourth-order valence-corrected chi connectivity index (χ4v) is 8.07. The van der Waals surface area contributed by atoms with Crippen molar-refractivity contribution >= 4 is 80.7 Å². The monoisotopic (exact) mass is 872 g/mol. The Morgan fingerprint density at radius 2 is 1.74 bits per heavy atom. The van der Waals surface area contributed by atoms with Gasteiger partial charge in [-0.3, -0.25) is 28.9 Å². The second kappa shape index (κ2) is 21.0. The number of imidazole rings is 1. The Hall–Kier alpha value is -5.55. The average molecular weight is 873 g/mol. The van der Waals surface area contributed by atoms with Gasteiger partial charge >= 0.3 is 6.09 Å². The van der Waals surface area contributed by atoms with Crippen LogP contribution in [0.25, 0.3) is 21.9 Å². The molecule has 16 nitrogen and oxygen atoms in total. The number of hydrogen-bond donors (Lipinski definition) is 4. The highest BCUT2D eigenvalue weighted by Gasteiger charge is 2.37. The predicted octanol–water partition coefficient (Wildman–Crippen LogP) is 5.82.